The number of H-pyrrole nitrogens is 1. The number of rotatable bonds is 2. The fourth-order valence-corrected chi connectivity index (χ4v) is 3.63. The molecule has 9 heteroatoms. The first kappa shape index (κ1) is 18.2. The van der Waals surface area contributed by atoms with E-state index < -0.39 is 11.5 Å². The lowest BCUT2D eigenvalue weighted by Crippen LogP contribution is -2.24. The fourth-order valence-electron chi connectivity index (χ4n) is 3.63. The molecule has 3 heterocycles. The molecule has 0 radical (unpaired) electrons. The van der Waals surface area contributed by atoms with Gasteiger partial charge in [0.2, 0.25) is 5.88 Å². The third-order valence-electron chi connectivity index (χ3n) is 4.88. The monoisotopic (exact) mass is 391 g/mol. The average molecular weight is 391 g/mol. The number of aromatic nitrogens is 2. The van der Waals surface area contributed by atoms with Crippen molar-refractivity contribution in [2.24, 2.45) is 0 Å². The van der Waals surface area contributed by atoms with E-state index in [-0.39, 0.29) is 39.8 Å². The second-order valence-corrected chi connectivity index (χ2v) is 6.61. The average Bonchev–Trinajstić information content (AvgIpc) is 2.66. The van der Waals surface area contributed by atoms with Crippen LogP contribution in [0.3, 0.4) is 0 Å². The molecule has 0 amide bonds. The van der Waals surface area contributed by atoms with E-state index in [4.69, 9.17) is 20.9 Å². The van der Waals surface area contributed by atoms with Crippen molar-refractivity contribution >= 4 is 11.5 Å². The van der Waals surface area contributed by atoms with Gasteiger partial charge in [-0.1, -0.05) is 12.1 Å². The quantitative estimate of drug-likeness (QED) is 0.404. The van der Waals surface area contributed by atoms with Gasteiger partial charge in [0.05, 0.1) is 29.8 Å². The molecule has 0 saturated heterocycles. The normalized spacial score (nSPS) is 14.3. The number of nitrogens with one attached hydrogen (secondary N) is 1. The molecule has 9 nitrogen and oxygen atoms in total. The molecule has 0 bridgehead atoms. The summed E-state index contributed by atoms with van der Waals surface area (Å²) in [7, 11) is 1.48. The summed E-state index contributed by atoms with van der Waals surface area (Å²) in [5.41, 5.74) is 13.0. The van der Waals surface area contributed by atoms with Gasteiger partial charge in [-0.2, -0.15) is 10.2 Å². The molecule has 2 aromatic heterocycles. The van der Waals surface area contributed by atoms with Crippen LogP contribution in [0.5, 0.6) is 23.1 Å². The van der Waals surface area contributed by atoms with Crippen LogP contribution < -0.4 is 26.5 Å². The van der Waals surface area contributed by atoms with Crippen LogP contribution in [0, 0.1) is 18.3 Å². The second kappa shape index (κ2) is 6.45. The Balaban J connectivity index is 2.14. The number of nitrogen functional groups attached to an aromatic ring is 2. The van der Waals surface area contributed by atoms with E-state index in [1.807, 2.05) is 6.07 Å². The highest BCUT2D eigenvalue weighted by molar-refractivity contribution is 5.76. The second-order valence-electron chi connectivity index (χ2n) is 6.61. The topological polar surface area (TPSA) is 160 Å². The van der Waals surface area contributed by atoms with Gasteiger partial charge in [0, 0.05) is 11.3 Å². The zero-order valence-electron chi connectivity index (χ0n) is 15.6. The van der Waals surface area contributed by atoms with Crippen molar-refractivity contribution in [1.82, 2.24) is 9.97 Å². The summed E-state index contributed by atoms with van der Waals surface area (Å²) in [6.07, 6.45) is 0. The molecule has 29 heavy (non-hydrogen) atoms. The smallest absolute Gasteiger partial charge is 0.256 e. The van der Waals surface area contributed by atoms with E-state index in [2.05, 4.69) is 9.97 Å². The van der Waals surface area contributed by atoms with Gasteiger partial charge in [0.25, 0.3) is 5.56 Å². The molecule has 3 aromatic rings. The van der Waals surface area contributed by atoms with Crippen molar-refractivity contribution in [3.8, 4) is 29.2 Å². The van der Waals surface area contributed by atoms with Crippen molar-refractivity contribution in [2.45, 2.75) is 12.8 Å². The van der Waals surface area contributed by atoms with Crippen molar-refractivity contribution in [1.29, 1.82) is 5.26 Å². The number of nitrogens with zero attached hydrogens (tertiary/aromatic N) is 2. The molecule has 1 aliphatic rings. The summed E-state index contributed by atoms with van der Waals surface area (Å²) < 4.78 is 11.3. The van der Waals surface area contributed by atoms with Crippen molar-refractivity contribution in [2.75, 3.05) is 18.6 Å². The van der Waals surface area contributed by atoms with Crippen LogP contribution in [0.1, 0.15) is 33.9 Å². The molecule has 0 spiro atoms. The summed E-state index contributed by atoms with van der Waals surface area (Å²) >= 11 is 0. The predicted molar refractivity (Wildman–Crippen MR) is 105 cm³/mol. The number of pyridine rings is 2. The number of aromatic amines is 1. The van der Waals surface area contributed by atoms with Gasteiger partial charge in [0.15, 0.2) is 11.5 Å². The van der Waals surface area contributed by atoms with Crippen LogP contribution >= 0.6 is 0 Å². The van der Waals surface area contributed by atoms with E-state index >= 15 is 0 Å². The Labute approximate surface area is 165 Å². The Kier molecular flexibility index (Phi) is 4.05. The lowest BCUT2D eigenvalue weighted by molar-refractivity contribution is 0.362. The van der Waals surface area contributed by atoms with Crippen molar-refractivity contribution in [3.63, 3.8) is 0 Å². The minimum Gasteiger partial charge on any atom is -0.507 e. The Morgan fingerprint density at radius 3 is 2.76 bits per heavy atom. The van der Waals surface area contributed by atoms with Crippen LogP contribution in [-0.4, -0.2) is 22.2 Å². The number of aromatic hydroxyl groups is 1. The number of hydrogen-bond acceptors (Lipinski definition) is 8. The van der Waals surface area contributed by atoms with Crippen LogP contribution in [0.4, 0.5) is 11.5 Å². The Bertz CT molecular complexity index is 1260. The summed E-state index contributed by atoms with van der Waals surface area (Å²) in [4.78, 5) is 19.7. The summed E-state index contributed by atoms with van der Waals surface area (Å²) in [5.74, 6) is -0.392. The van der Waals surface area contributed by atoms with Gasteiger partial charge in [-0.3, -0.25) is 4.79 Å². The van der Waals surface area contributed by atoms with Gasteiger partial charge in [-0.15, -0.1) is 0 Å². The SMILES string of the molecule is COc1cccc2c1Oc1nc(N)c(C#N)c(N)c1C2c1c(O)cc(C)[nH]c1=O. The molecule has 0 aliphatic carbocycles. The maximum atomic E-state index is 12.8. The first-order valence-corrected chi connectivity index (χ1v) is 8.63. The molecule has 4 rings (SSSR count). The van der Waals surface area contributed by atoms with Crippen molar-refractivity contribution in [3.05, 3.63) is 62.6 Å². The van der Waals surface area contributed by atoms with Gasteiger partial charge in [-0.25, -0.2) is 0 Å². The maximum absolute atomic E-state index is 12.8. The highest BCUT2D eigenvalue weighted by Crippen LogP contribution is 2.53. The Morgan fingerprint density at radius 2 is 2.10 bits per heavy atom. The number of benzene rings is 1. The maximum Gasteiger partial charge on any atom is 0.256 e. The Hall–Kier alpha value is -4.19. The number of aryl methyl sites for hydroxylation is 1. The largest absolute Gasteiger partial charge is 0.507 e. The molecule has 0 saturated carbocycles. The van der Waals surface area contributed by atoms with Gasteiger partial charge < -0.3 is 31.0 Å². The number of anilines is 2. The fraction of sp³-hybridized carbons (Fsp3) is 0.150. The van der Waals surface area contributed by atoms with Gasteiger partial charge in [-0.05, 0) is 19.1 Å². The van der Waals surface area contributed by atoms with Crippen LogP contribution in [0.2, 0.25) is 0 Å². The highest BCUT2D eigenvalue weighted by Gasteiger charge is 2.38. The molecule has 1 unspecified atom stereocenters. The number of ether oxygens (including phenoxy) is 2. The zero-order chi connectivity index (χ0) is 20.9. The first-order valence-electron chi connectivity index (χ1n) is 8.63. The van der Waals surface area contributed by atoms with Crippen LogP contribution in [0.15, 0.2) is 29.1 Å². The molecule has 1 atom stereocenters. The standard InChI is InChI=1S/C20H17N5O4/c1-8-6-11(26)14(19(27)24-8)13-9-4-3-5-12(28-2)17(9)29-20-15(13)16(22)10(7-21)18(23)25-20/h3-6,13H,1-2H3,(H4,22,23,25)(H2,24,26,27). The highest BCUT2D eigenvalue weighted by atomic mass is 16.5. The van der Waals surface area contributed by atoms with E-state index in [9.17, 15) is 15.2 Å². The van der Waals surface area contributed by atoms with Crippen LogP contribution in [-0.2, 0) is 0 Å². The lowest BCUT2D eigenvalue weighted by Gasteiger charge is -2.30. The Morgan fingerprint density at radius 1 is 1.34 bits per heavy atom. The van der Waals surface area contributed by atoms with E-state index in [1.165, 1.54) is 13.2 Å². The van der Waals surface area contributed by atoms with Gasteiger partial charge >= 0.3 is 0 Å². The van der Waals surface area contributed by atoms with Crippen molar-refractivity contribution < 1.29 is 14.6 Å². The lowest BCUT2D eigenvalue weighted by atomic mass is 9.82. The summed E-state index contributed by atoms with van der Waals surface area (Å²) in [6.45, 7) is 1.66. The molecule has 0 fully saturated rings. The molecular weight excluding hydrogens is 374 g/mol. The third kappa shape index (κ3) is 2.62. The number of hydrogen-bond donors (Lipinski definition) is 4. The minimum atomic E-state index is -0.853. The predicted octanol–water partition coefficient (Wildman–Crippen LogP) is 2.11. The summed E-state index contributed by atoms with van der Waals surface area (Å²) in [5, 5.41) is 20.1. The van der Waals surface area contributed by atoms with Gasteiger partial charge in [0.1, 0.15) is 23.2 Å². The number of nitriles is 1. The molecule has 1 aromatic carbocycles. The number of fused-ring (bicyclic) bond motifs is 2. The van der Waals surface area contributed by atoms with Crippen LogP contribution in [0.25, 0.3) is 0 Å². The van der Waals surface area contributed by atoms with E-state index in [1.54, 1.807) is 25.1 Å². The number of methoxy groups -OCH3 is 1. The molecule has 1 aliphatic heterocycles. The van der Waals surface area contributed by atoms with E-state index in [0.29, 0.717) is 22.8 Å². The molecule has 146 valence electrons. The molecule has 6 N–H and O–H groups in total. The third-order valence-corrected chi connectivity index (χ3v) is 4.88. The first-order chi connectivity index (χ1) is 13.9. The number of para-hydroxylation sites is 1. The summed E-state index contributed by atoms with van der Waals surface area (Å²) in [6, 6.07) is 8.52. The van der Waals surface area contributed by atoms with E-state index in [0.717, 1.165) is 0 Å². The number of nitrogens with two attached hydrogens (primary N) is 2. The zero-order valence-corrected chi connectivity index (χ0v) is 15.6. The molecular formula is C20H17N5O4. The minimum absolute atomic E-state index is 0.0215.